The predicted octanol–water partition coefficient (Wildman–Crippen LogP) is -0.669. The highest BCUT2D eigenvalue weighted by Crippen LogP contribution is 2.29. The minimum absolute atomic E-state index is 0.108. The van der Waals surface area contributed by atoms with Crippen LogP contribution in [-0.4, -0.2) is 32.4 Å². The van der Waals surface area contributed by atoms with Crippen molar-refractivity contribution in [1.29, 1.82) is 0 Å². The molecule has 0 unspecified atom stereocenters. The van der Waals surface area contributed by atoms with Crippen LogP contribution in [0.2, 0.25) is 0 Å². The van der Waals surface area contributed by atoms with Crippen molar-refractivity contribution in [2.45, 2.75) is 9.79 Å². The van der Waals surface area contributed by atoms with Crippen LogP contribution in [0, 0.1) is 0 Å². The van der Waals surface area contributed by atoms with Crippen molar-refractivity contribution in [3.05, 3.63) is 12.1 Å². The number of hydrogen-bond donors (Lipinski definition) is 4. The third-order valence-electron chi connectivity index (χ3n) is 1.88. The number of amides is 1. The predicted molar refractivity (Wildman–Crippen MR) is 60.2 cm³/mol. The highest BCUT2D eigenvalue weighted by molar-refractivity contribution is 7.86. The summed E-state index contributed by atoms with van der Waals surface area (Å²) in [6, 6.07) is 1.21. The number of rotatable bonds is 4. The molecule has 1 amide bonds. The molecule has 0 fully saturated rings. The maximum absolute atomic E-state index is 11.0. The summed E-state index contributed by atoms with van der Waals surface area (Å²) in [5.41, 5.74) is 4.37. The van der Waals surface area contributed by atoms with Gasteiger partial charge in [0, 0.05) is 0 Å². The fourth-order valence-electron chi connectivity index (χ4n) is 1.19. The molecule has 1 aromatic carbocycles. The average Bonchev–Trinajstić information content (AvgIpc) is 2.13. The van der Waals surface area contributed by atoms with Gasteiger partial charge in [0.2, 0.25) is 6.41 Å². The molecule has 18 heavy (non-hydrogen) atoms. The molecule has 0 bridgehead atoms. The van der Waals surface area contributed by atoms with Crippen LogP contribution in [0.25, 0.3) is 0 Å². The van der Waals surface area contributed by atoms with Crippen molar-refractivity contribution in [2.75, 3.05) is 11.1 Å². The fraction of sp³-hybridized carbons (Fsp3) is 0. The Balaban J connectivity index is 3.72. The van der Waals surface area contributed by atoms with Gasteiger partial charge in [0.05, 0.1) is 11.4 Å². The largest absolute Gasteiger partial charge is 0.398 e. The maximum atomic E-state index is 11.0. The van der Waals surface area contributed by atoms with Gasteiger partial charge in [-0.15, -0.1) is 0 Å². The summed E-state index contributed by atoms with van der Waals surface area (Å²) in [7, 11) is -9.57. The molecule has 0 aliphatic rings. The standard InChI is InChI=1S/C7H8N2O7S2/c8-4-1-5(9-3-10)7(18(14,15)16)2-6(4)17(11,12)13/h1-3H,8H2,(H,9,10)(H,11,12,13)(H,14,15,16). The zero-order valence-corrected chi connectivity index (χ0v) is 10.2. The molecule has 0 saturated carbocycles. The summed E-state index contributed by atoms with van der Waals surface area (Å²) in [4.78, 5) is 8.45. The third-order valence-corrected chi connectivity index (χ3v) is 3.69. The van der Waals surface area contributed by atoms with Gasteiger partial charge in [-0.25, -0.2) is 0 Å². The lowest BCUT2D eigenvalue weighted by molar-refractivity contribution is -0.105. The molecule has 100 valence electrons. The van der Waals surface area contributed by atoms with E-state index in [0.29, 0.717) is 6.07 Å². The second kappa shape index (κ2) is 4.53. The van der Waals surface area contributed by atoms with Crippen LogP contribution in [0.4, 0.5) is 11.4 Å². The van der Waals surface area contributed by atoms with Gasteiger partial charge >= 0.3 is 0 Å². The molecule has 1 aromatic rings. The van der Waals surface area contributed by atoms with E-state index in [0.717, 1.165) is 6.07 Å². The van der Waals surface area contributed by atoms with Gasteiger partial charge in [0.25, 0.3) is 20.2 Å². The van der Waals surface area contributed by atoms with Gasteiger partial charge in [0.1, 0.15) is 9.79 Å². The Morgan fingerprint density at radius 1 is 1.06 bits per heavy atom. The summed E-state index contributed by atoms with van der Waals surface area (Å²) in [5.74, 6) is 0. The van der Waals surface area contributed by atoms with E-state index in [9.17, 15) is 21.6 Å². The van der Waals surface area contributed by atoms with Crippen molar-refractivity contribution in [1.82, 2.24) is 0 Å². The fourth-order valence-corrected chi connectivity index (χ4v) is 2.55. The molecule has 0 saturated heterocycles. The van der Waals surface area contributed by atoms with Crippen LogP contribution >= 0.6 is 0 Å². The van der Waals surface area contributed by atoms with Crippen LogP contribution in [0.3, 0.4) is 0 Å². The van der Waals surface area contributed by atoms with Crippen molar-refractivity contribution >= 4 is 38.0 Å². The molecule has 0 aromatic heterocycles. The second-order valence-corrected chi connectivity index (χ2v) is 5.88. The Kier molecular flexibility index (Phi) is 3.62. The zero-order valence-electron chi connectivity index (χ0n) is 8.56. The molecule has 1 rings (SSSR count). The van der Waals surface area contributed by atoms with Gasteiger partial charge in [-0.3, -0.25) is 13.9 Å². The van der Waals surface area contributed by atoms with E-state index in [2.05, 4.69) is 0 Å². The van der Waals surface area contributed by atoms with Gasteiger partial charge in [-0.05, 0) is 12.1 Å². The van der Waals surface area contributed by atoms with E-state index in [1.165, 1.54) is 0 Å². The number of nitrogen functional groups attached to an aromatic ring is 1. The van der Waals surface area contributed by atoms with Gasteiger partial charge in [-0.1, -0.05) is 0 Å². The number of nitrogens with two attached hydrogens (primary N) is 1. The van der Waals surface area contributed by atoms with E-state index in [1.54, 1.807) is 0 Å². The van der Waals surface area contributed by atoms with Crippen LogP contribution in [0.5, 0.6) is 0 Å². The number of benzene rings is 1. The number of carbonyl (C=O) groups excluding carboxylic acids is 1. The quantitative estimate of drug-likeness (QED) is 0.322. The Morgan fingerprint density at radius 3 is 1.94 bits per heavy atom. The lowest BCUT2D eigenvalue weighted by Crippen LogP contribution is -2.10. The molecular weight excluding hydrogens is 288 g/mol. The first-order valence-electron chi connectivity index (χ1n) is 4.16. The van der Waals surface area contributed by atoms with Crippen LogP contribution in [0.15, 0.2) is 21.9 Å². The molecule has 0 spiro atoms. The van der Waals surface area contributed by atoms with E-state index in [4.69, 9.17) is 14.8 Å². The number of nitrogens with one attached hydrogen (secondary N) is 1. The topological polar surface area (TPSA) is 164 Å². The minimum atomic E-state index is -4.81. The molecule has 0 radical (unpaired) electrons. The first-order valence-corrected chi connectivity index (χ1v) is 7.04. The van der Waals surface area contributed by atoms with E-state index in [1.807, 2.05) is 5.32 Å². The number of carbonyl (C=O) groups is 1. The lowest BCUT2D eigenvalue weighted by Gasteiger charge is -2.09. The molecular formula is C7H8N2O7S2. The lowest BCUT2D eigenvalue weighted by atomic mass is 10.3. The highest BCUT2D eigenvalue weighted by Gasteiger charge is 2.23. The van der Waals surface area contributed by atoms with Crippen LogP contribution in [0.1, 0.15) is 0 Å². The summed E-state index contributed by atoms with van der Waals surface area (Å²) >= 11 is 0. The van der Waals surface area contributed by atoms with Crippen molar-refractivity contribution in [3.8, 4) is 0 Å². The first-order chi connectivity index (χ1) is 8.07. The minimum Gasteiger partial charge on any atom is -0.398 e. The first kappa shape index (κ1) is 14.4. The monoisotopic (exact) mass is 296 g/mol. The van der Waals surface area contributed by atoms with Crippen molar-refractivity contribution in [2.24, 2.45) is 0 Å². The molecule has 5 N–H and O–H groups in total. The average molecular weight is 296 g/mol. The van der Waals surface area contributed by atoms with E-state index >= 15 is 0 Å². The second-order valence-electron chi connectivity index (χ2n) is 3.10. The molecule has 0 heterocycles. The smallest absolute Gasteiger partial charge is 0.296 e. The van der Waals surface area contributed by atoms with Gasteiger partial charge < -0.3 is 11.1 Å². The summed E-state index contributed by atoms with van der Waals surface area (Å²) < 4.78 is 61.5. The number of hydrogen-bond acceptors (Lipinski definition) is 6. The molecule has 11 heteroatoms. The maximum Gasteiger partial charge on any atom is 0.296 e. The van der Waals surface area contributed by atoms with Crippen molar-refractivity contribution in [3.63, 3.8) is 0 Å². The van der Waals surface area contributed by atoms with Crippen molar-refractivity contribution < 1.29 is 30.7 Å². The van der Waals surface area contributed by atoms with Crippen LogP contribution < -0.4 is 11.1 Å². The molecule has 0 atom stereocenters. The van der Waals surface area contributed by atoms with Gasteiger partial charge in [0.15, 0.2) is 0 Å². The molecule has 0 aliphatic carbocycles. The zero-order chi connectivity index (χ0) is 14.1. The normalized spacial score (nSPS) is 12.1. The van der Waals surface area contributed by atoms with Gasteiger partial charge in [-0.2, -0.15) is 16.8 Å². The Labute approximate surface area is 102 Å². The Morgan fingerprint density at radius 2 is 1.56 bits per heavy atom. The summed E-state index contributed by atoms with van der Waals surface area (Å²) in [6.07, 6.45) is 0.108. The van der Waals surface area contributed by atoms with E-state index in [-0.39, 0.29) is 6.41 Å². The summed E-state index contributed by atoms with van der Waals surface area (Å²) in [6.45, 7) is 0. The van der Waals surface area contributed by atoms with E-state index < -0.39 is 41.4 Å². The molecule has 9 nitrogen and oxygen atoms in total. The Hall–Kier alpha value is -1.69. The highest BCUT2D eigenvalue weighted by atomic mass is 32.2. The molecule has 0 aliphatic heterocycles. The van der Waals surface area contributed by atoms with Crippen LogP contribution in [-0.2, 0) is 25.0 Å². The summed E-state index contributed by atoms with van der Waals surface area (Å²) in [5, 5.41) is 1.93. The Bertz CT molecular complexity index is 693. The third kappa shape index (κ3) is 2.95. The SMILES string of the molecule is Nc1cc(NC=O)c(S(=O)(=O)O)cc1S(=O)(=O)O. The number of anilines is 2.